The third kappa shape index (κ3) is 7.99. The first-order chi connectivity index (χ1) is 15.8. The molecule has 1 N–H and O–H groups in total. The van der Waals surface area contributed by atoms with E-state index in [-0.39, 0.29) is 18.4 Å². The number of benzene rings is 2. The highest BCUT2D eigenvalue weighted by molar-refractivity contribution is 9.10. The van der Waals surface area contributed by atoms with E-state index in [2.05, 4.69) is 21.2 Å². The molecule has 34 heavy (non-hydrogen) atoms. The Morgan fingerprint density at radius 1 is 1.12 bits per heavy atom. The minimum absolute atomic E-state index is 0.104. The van der Waals surface area contributed by atoms with Gasteiger partial charge in [0.2, 0.25) is 21.8 Å². The molecule has 0 fully saturated rings. The molecule has 0 saturated carbocycles. The van der Waals surface area contributed by atoms with Crippen LogP contribution in [0.15, 0.2) is 46.9 Å². The van der Waals surface area contributed by atoms with Crippen LogP contribution in [0.1, 0.15) is 31.9 Å². The monoisotopic (exact) mass is 571 g/mol. The smallest absolute Gasteiger partial charge is 0.244 e. The summed E-state index contributed by atoms with van der Waals surface area (Å²) >= 11 is 9.52. The lowest BCUT2D eigenvalue weighted by Crippen LogP contribution is -2.51. The summed E-state index contributed by atoms with van der Waals surface area (Å²) in [5.74, 6) is -0.567. The normalized spacial score (nSPS) is 12.4. The zero-order valence-corrected chi connectivity index (χ0v) is 23.2. The van der Waals surface area contributed by atoms with Crippen molar-refractivity contribution in [1.82, 2.24) is 10.2 Å². The quantitative estimate of drug-likeness (QED) is 0.458. The number of halogens is 2. The Hall–Kier alpha value is -2.10. The van der Waals surface area contributed by atoms with Crippen LogP contribution in [0.25, 0.3) is 0 Å². The molecule has 186 valence electrons. The number of carbonyl (C=O) groups is 2. The molecule has 10 heteroatoms. The Kier molecular flexibility index (Phi) is 9.96. The first-order valence-corrected chi connectivity index (χ1v) is 13.9. The van der Waals surface area contributed by atoms with Gasteiger partial charge in [-0.2, -0.15) is 0 Å². The summed E-state index contributed by atoms with van der Waals surface area (Å²) in [5, 5.41) is 3.35. The van der Waals surface area contributed by atoms with E-state index in [1.54, 1.807) is 49.4 Å². The number of nitrogens with one attached hydrogen (secondary N) is 1. The highest BCUT2D eigenvalue weighted by Gasteiger charge is 2.30. The molecular weight excluding hydrogens is 542 g/mol. The Morgan fingerprint density at radius 2 is 1.79 bits per heavy atom. The van der Waals surface area contributed by atoms with Crippen LogP contribution in [-0.2, 0) is 26.2 Å². The summed E-state index contributed by atoms with van der Waals surface area (Å²) in [5.41, 5.74) is 1.93. The average molecular weight is 573 g/mol. The summed E-state index contributed by atoms with van der Waals surface area (Å²) in [6.07, 6.45) is 1.05. The minimum atomic E-state index is -3.77. The predicted molar refractivity (Wildman–Crippen MR) is 140 cm³/mol. The second-order valence-electron chi connectivity index (χ2n) is 8.67. The molecule has 0 aliphatic carbocycles. The van der Waals surface area contributed by atoms with Gasteiger partial charge in [-0.25, -0.2) is 8.42 Å². The van der Waals surface area contributed by atoms with Gasteiger partial charge in [-0.15, -0.1) is 0 Å². The van der Waals surface area contributed by atoms with Crippen LogP contribution in [-0.4, -0.2) is 50.5 Å². The van der Waals surface area contributed by atoms with Gasteiger partial charge in [0.05, 0.1) is 11.9 Å². The van der Waals surface area contributed by atoms with Gasteiger partial charge in [-0.05, 0) is 61.2 Å². The van der Waals surface area contributed by atoms with E-state index < -0.39 is 28.5 Å². The Labute approximate surface area is 215 Å². The summed E-state index contributed by atoms with van der Waals surface area (Å²) < 4.78 is 27.1. The van der Waals surface area contributed by atoms with Crippen molar-refractivity contribution in [2.45, 2.75) is 40.3 Å². The molecule has 0 aliphatic heterocycles. The first-order valence-electron chi connectivity index (χ1n) is 10.8. The van der Waals surface area contributed by atoms with Gasteiger partial charge in [-0.3, -0.25) is 13.9 Å². The van der Waals surface area contributed by atoms with Crippen LogP contribution >= 0.6 is 27.5 Å². The van der Waals surface area contributed by atoms with Gasteiger partial charge >= 0.3 is 0 Å². The molecule has 0 saturated heterocycles. The molecule has 0 radical (unpaired) electrons. The van der Waals surface area contributed by atoms with Gasteiger partial charge in [0.25, 0.3) is 0 Å². The number of nitrogens with zero attached hydrogens (tertiary/aromatic N) is 2. The number of amides is 2. The van der Waals surface area contributed by atoms with Crippen LogP contribution in [0.4, 0.5) is 5.69 Å². The molecule has 7 nitrogen and oxygen atoms in total. The summed E-state index contributed by atoms with van der Waals surface area (Å²) in [4.78, 5) is 27.7. The van der Waals surface area contributed by atoms with Crippen molar-refractivity contribution in [2.24, 2.45) is 5.92 Å². The van der Waals surface area contributed by atoms with Crippen LogP contribution in [0.3, 0.4) is 0 Å². The summed E-state index contributed by atoms with van der Waals surface area (Å²) in [6.45, 7) is 7.55. The second-order valence-corrected chi connectivity index (χ2v) is 11.9. The second kappa shape index (κ2) is 12.0. The third-order valence-electron chi connectivity index (χ3n) is 5.20. The molecule has 0 unspecified atom stereocenters. The van der Waals surface area contributed by atoms with Gasteiger partial charge < -0.3 is 10.2 Å². The van der Waals surface area contributed by atoms with Crippen molar-refractivity contribution in [3.63, 3.8) is 0 Å². The minimum Gasteiger partial charge on any atom is -0.354 e. The van der Waals surface area contributed by atoms with Gasteiger partial charge in [0.1, 0.15) is 12.6 Å². The van der Waals surface area contributed by atoms with Crippen molar-refractivity contribution in [2.75, 3.05) is 23.7 Å². The molecule has 0 aromatic heterocycles. The highest BCUT2D eigenvalue weighted by Crippen LogP contribution is 2.25. The van der Waals surface area contributed by atoms with E-state index in [0.29, 0.717) is 17.3 Å². The molecule has 2 aromatic rings. The Balaban J connectivity index is 2.39. The zero-order valence-electron chi connectivity index (χ0n) is 20.0. The highest BCUT2D eigenvalue weighted by atomic mass is 79.9. The van der Waals surface area contributed by atoms with Crippen molar-refractivity contribution in [3.05, 3.63) is 63.1 Å². The van der Waals surface area contributed by atoms with Crippen molar-refractivity contribution >= 4 is 55.1 Å². The van der Waals surface area contributed by atoms with E-state index in [1.807, 2.05) is 20.8 Å². The van der Waals surface area contributed by atoms with E-state index >= 15 is 0 Å². The number of rotatable bonds is 10. The molecule has 2 amide bonds. The lowest BCUT2D eigenvalue weighted by molar-refractivity contribution is -0.139. The maximum atomic E-state index is 13.5. The molecular formula is C24H31BrClN3O4S. The van der Waals surface area contributed by atoms with Gasteiger partial charge in [0, 0.05) is 22.6 Å². The maximum absolute atomic E-state index is 13.5. The molecule has 0 bridgehead atoms. The van der Waals surface area contributed by atoms with Gasteiger partial charge in [-0.1, -0.05) is 53.5 Å². The number of anilines is 1. The molecule has 2 rings (SSSR count). The Morgan fingerprint density at radius 3 is 2.35 bits per heavy atom. The fourth-order valence-corrected chi connectivity index (χ4v) is 4.57. The summed E-state index contributed by atoms with van der Waals surface area (Å²) in [6, 6.07) is 11.2. The zero-order chi connectivity index (χ0) is 25.6. The molecule has 0 heterocycles. The van der Waals surface area contributed by atoms with E-state index in [1.165, 1.54) is 4.90 Å². The molecule has 0 aliphatic rings. The lowest BCUT2D eigenvalue weighted by Gasteiger charge is -2.31. The standard InChI is InChI=1S/C24H31BrClN3O4S/c1-16(2)13-27-24(31)18(4)28(14-19-7-6-8-20(26)12-19)23(30)15-29(34(5,32)33)21-9-10-22(25)17(3)11-21/h6-12,16,18H,13-15H2,1-5H3,(H,27,31)/t18-/m1/s1. The number of carbonyl (C=O) groups excluding carboxylic acids is 2. The van der Waals surface area contributed by atoms with Crippen molar-refractivity contribution < 1.29 is 18.0 Å². The topological polar surface area (TPSA) is 86.8 Å². The van der Waals surface area contributed by atoms with E-state index in [0.717, 1.165) is 26.2 Å². The number of sulfonamides is 1. The van der Waals surface area contributed by atoms with Crippen LogP contribution in [0.5, 0.6) is 0 Å². The van der Waals surface area contributed by atoms with Crippen LogP contribution in [0.2, 0.25) is 5.02 Å². The summed E-state index contributed by atoms with van der Waals surface area (Å²) in [7, 11) is -3.77. The number of hydrogen-bond acceptors (Lipinski definition) is 4. The average Bonchev–Trinajstić information content (AvgIpc) is 2.74. The fraction of sp³-hybridized carbons (Fsp3) is 0.417. The predicted octanol–water partition coefficient (Wildman–Crippen LogP) is 4.37. The first kappa shape index (κ1) is 28.1. The van der Waals surface area contributed by atoms with E-state index in [4.69, 9.17) is 11.6 Å². The lowest BCUT2D eigenvalue weighted by atomic mass is 10.1. The fourth-order valence-electron chi connectivity index (χ4n) is 3.26. The van der Waals surface area contributed by atoms with Crippen LogP contribution in [0, 0.1) is 12.8 Å². The Bertz CT molecular complexity index is 1140. The van der Waals surface area contributed by atoms with Crippen molar-refractivity contribution in [3.8, 4) is 0 Å². The van der Waals surface area contributed by atoms with E-state index in [9.17, 15) is 18.0 Å². The van der Waals surface area contributed by atoms with Crippen molar-refractivity contribution in [1.29, 1.82) is 0 Å². The molecule has 2 aromatic carbocycles. The maximum Gasteiger partial charge on any atom is 0.244 e. The number of aryl methyl sites for hydroxylation is 1. The largest absolute Gasteiger partial charge is 0.354 e. The SMILES string of the molecule is Cc1cc(N(CC(=O)N(Cc2cccc(Cl)c2)[C@H](C)C(=O)NCC(C)C)S(C)(=O)=O)ccc1Br. The molecule has 1 atom stereocenters. The third-order valence-corrected chi connectivity index (χ3v) is 7.47. The van der Waals surface area contributed by atoms with Crippen LogP contribution < -0.4 is 9.62 Å². The van der Waals surface area contributed by atoms with Gasteiger partial charge in [0.15, 0.2) is 0 Å². The number of hydrogen-bond donors (Lipinski definition) is 1. The molecule has 0 spiro atoms.